The van der Waals surface area contributed by atoms with E-state index in [1.807, 2.05) is 35.4 Å². The summed E-state index contributed by atoms with van der Waals surface area (Å²) in [6, 6.07) is 12.1. The first-order chi connectivity index (χ1) is 13.2. The van der Waals surface area contributed by atoms with Gasteiger partial charge in [-0.2, -0.15) is 0 Å². The minimum atomic E-state index is -0.298. The second-order valence-corrected chi connectivity index (χ2v) is 7.07. The van der Waals surface area contributed by atoms with Crippen LogP contribution in [0.3, 0.4) is 0 Å². The molecule has 0 radical (unpaired) electrons. The lowest BCUT2D eigenvalue weighted by molar-refractivity contribution is 0.0601. The molecule has 1 aliphatic heterocycles. The number of nitrogens with zero attached hydrogens (tertiary/aromatic N) is 2. The van der Waals surface area contributed by atoms with E-state index in [2.05, 4.69) is 15.0 Å². The van der Waals surface area contributed by atoms with E-state index in [4.69, 9.17) is 0 Å². The number of imidazole rings is 1. The Hall–Kier alpha value is -3.15. The van der Waals surface area contributed by atoms with Crippen LogP contribution in [0.1, 0.15) is 41.5 Å². The molecule has 6 heteroatoms. The van der Waals surface area contributed by atoms with Crippen molar-refractivity contribution in [3.8, 4) is 0 Å². The Morgan fingerprint density at radius 1 is 1.11 bits per heavy atom. The highest BCUT2D eigenvalue weighted by molar-refractivity contribution is 5.98. The van der Waals surface area contributed by atoms with Gasteiger partial charge in [-0.15, -0.1) is 0 Å². The van der Waals surface area contributed by atoms with Gasteiger partial charge in [0.05, 0.1) is 17.1 Å². The molecule has 1 aliphatic rings. The third-order valence-electron chi connectivity index (χ3n) is 5.34. The number of benzene rings is 2. The minimum absolute atomic E-state index is 0.00263. The van der Waals surface area contributed by atoms with Crippen molar-refractivity contribution in [2.45, 2.75) is 25.3 Å². The first-order valence-electron chi connectivity index (χ1n) is 9.22. The predicted molar refractivity (Wildman–Crippen MR) is 102 cm³/mol. The van der Waals surface area contributed by atoms with Crippen molar-refractivity contribution in [3.05, 3.63) is 65.9 Å². The van der Waals surface area contributed by atoms with Gasteiger partial charge in [-0.25, -0.2) is 9.37 Å². The molecule has 27 heavy (non-hydrogen) atoms. The zero-order valence-corrected chi connectivity index (χ0v) is 14.7. The summed E-state index contributed by atoms with van der Waals surface area (Å²) in [5, 5.41) is 1.08. The summed E-state index contributed by atoms with van der Waals surface area (Å²) in [5.41, 5.74) is 3.00. The van der Waals surface area contributed by atoms with Crippen molar-refractivity contribution in [3.63, 3.8) is 0 Å². The molecule has 1 fully saturated rings. The van der Waals surface area contributed by atoms with Gasteiger partial charge in [-0.1, -0.05) is 6.07 Å². The third kappa shape index (κ3) is 2.77. The fourth-order valence-electron chi connectivity index (χ4n) is 3.97. The van der Waals surface area contributed by atoms with Gasteiger partial charge in [-0.05, 0) is 61.0 Å². The SMILES string of the molecule is O=C(c1ccc2cc[nH]c2c1)N1CCCC[C@H]1c1nc2ccc(F)cc2[nH]1. The fraction of sp³-hybridized carbons (Fsp3) is 0.238. The average Bonchev–Trinajstić information content (AvgIpc) is 3.33. The summed E-state index contributed by atoms with van der Waals surface area (Å²) in [5.74, 6) is 0.431. The molecule has 1 atom stereocenters. The van der Waals surface area contributed by atoms with Crippen molar-refractivity contribution in [2.75, 3.05) is 6.54 Å². The Morgan fingerprint density at radius 3 is 2.96 bits per heavy atom. The van der Waals surface area contributed by atoms with Gasteiger partial charge in [0.15, 0.2) is 0 Å². The number of carbonyl (C=O) groups is 1. The third-order valence-corrected chi connectivity index (χ3v) is 5.34. The molecule has 0 aliphatic carbocycles. The van der Waals surface area contributed by atoms with E-state index >= 15 is 0 Å². The zero-order valence-electron chi connectivity index (χ0n) is 14.7. The number of fused-ring (bicyclic) bond motifs is 2. The summed E-state index contributed by atoms with van der Waals surface area (Å²) in [7, 11) is 0. The minimum Gasteiger partial charge on any atom is -0.361 e. The summed E-state index contributed by atoms with van der Waals surface area (Å²) in [4.78, 5) is 26.1. The van der Waals surface area contributed by atoms with Gasteiger partial charge >= 0.3 is 0 Å². The Labute approximate surface area is 155 Å². The van der Waals surface area contributed by atoms with Crippen molar-refractivity contribution < 1.29 is 9.18 Å². The number of nitrogens with one attached hydrogen (secondary N) is 2. The molecule has 4 aromatic rings. The van der Waals surface area contributed by atoms with E-state index in [0.717, 1.165) is 41.5 Å². The van der Waals surface area contributed by atoms with Crippen molar-refractivity contribution >= 4 is 27.8 Å². The van der Waals surface area contributed by atoms with Crippen LogP contribution in [0.2, 0.25) is 0 Å². The monoisotopic (exact) mass is 362 g/mol. The van der Waals surface area contributed by atoms with Crippen LogP contribution in [0.15, 0.2) is 48.7 Å². The van der Waals surface area contributed by atoms with E-state index in [1.165, 1.54) is 12.1 Å². The molecule has 0 spiro atoms. The number of amides is 1. The van der Waals surface area contributed by atoms with Crippen LogP contribution < -0.4 is 0 Å². The normalized spacial score (nSPS) is 17.7. The molecule has 2 aromatic carbocycles. The summed E-state index contributed by atoms with van der Waals surface area (Å²) >= 11 is 0. The molecule has 5 rings (SSSR count). The van der Waals surface area contributed by atoms with Crippen molar-refractivity contribution in [2.24, 2.45) is 0 Å². The second-order valence-electron chi connectivity index (χ2n) is 7.07. The van der Waals surface area contributed by atoms with E-state index in [9.17, 15) is 9.18 Å². The van der Waals surface area contributed by atoms with Gasteiger partial charge in [0, 0.05) is 23.8 Å². The molecule has 0 bridgehead atoms. The lowest BCUT2D eigenvalue weighted by Gasteiger charge is -2.34. The quantitative estimate of drug-likeness (QED) is 0.549. The van der Waals surface area contributed by atoms with Gasteiger partial charge in [0.25, 0.3) is 5.91 Å². The predicted octanol–water partition coefficient (Wildman–Crippen LogP) is 4.55. The molecule has 136 valence electrons. The Morgan fingerprint density at radius 2 is 2.04 bits per heavy atom. The van der Waals surface area contributed by atoms with Gasteiger partial charge < -0.3 is 14.9 Å². The second kappa shape index (κ2) is 6.23. The number of aromatic amines is 2. The molecular weight excluding hydrogens is 343 g/mol. The largest absolute Gasteiger partial charge is 0.361 e. The van der Waals surface area contributed by atoms with E-state index in [-0.39, 0.29) is 17.8 Å². The molecule has 1 saturated heterocycles. The number of halogens is 1. The van der Waals surface area contributed by atoms with Crippen LogP contribution in [-0.2, 0) is 0 Å². The van der Waals surface area contributed by atoms with Gasteiger partial charge in [0.2, 0.25) is 0 Å². The number of hydrogen-bond acceptors (Lipinski definition) is 2. The number of aromatic nitrogens is 3. The molecule has 0 unspecified atom stereocenters. The highest BCUT2D eigenvalue weighted by atomic mass is 19.1. The maximum absolute atomic E-state index is 13.5. The van der Waals surface area contributed by atoms with Crippen molar-refractivity contribution in [1.29, 1.82) is 0 Å². The van der Waals surface area contributed by atoms with Crippen LogP contribution in [-0.4, -0.2) is 32.3 Å². The highest BCUT2D eigenvalue weighted by Gasteiger charge is 2.31. The maximum atomic E-state index is 13.5. The summed E-state index contributed by atoms with van der Waals surface area (Å²) in [6.07, 6.45) is 4.73. The molecule has 2 aromatic heterocycles. The number of likely N-dealkylation sites (tertiary alicyclic amines) is 1. The van der Waals surface area contributed by atoms with E-state index < -0.39 is 0 Å². The van der Waals surface area contributed by atoms with Crippen LogP contribution in [0.4, 0.5) is 4.39 Å². The molecule has 3 heterocycles. The Kier molecular flexibility index (Phi) is 3.70. The first-order valence-corrected chi connectivity index (χ1v) is 9.22. The first kappa shape index (κ1) is 16.1. The molecule has 1 amide bonds. The molecule has 0 saturated carbocycles. The number of piperidine rings is 1. The number of carbonyl (C=O) groups excluding carboxylic acids is 1. The summed E-state index contributed by atoms with van der Waals surface area (Å²) < 4.78 is 13.5. The molecular formula is C21H19FN4O. The summed E-state index contributed by atoms with van der Waals surface area (Å²) in [6.45, 7) is 0.692. The Bertz CT molecular complexity index is 1150. The maximum Gasteiger partial charge on any atom is 0.254 e. The molecule has 5 nitrogen and oxygen atoms in total. The average molecular weight is 362 g/mol. The zero-order chi connectivity index (χ0) is 18.4. The standard InChI is InChI=1S/C21H19FN4O/c22-15-6-7-16-18(12-15)25-20(24-16)19-3-1-2-10-26(19)21(27)14-5-4-13-8-9-23-17(13)11-14/h4-9,11-12,19,23H,1-3,10H2,(H,24,25)/t19-/m0/s1. The molecule has 2 N–H and O–H groups in total. The lowest BCUT2D eigenvalue weighted by atomic mass is 10.00. The number of H-pyrrole nitrogens is 2. The van der Waals surface area contributed by atoms with Gasteiger partial charge in [0.1, 0.15) is 11.6 Å². The van der Waals surface area contributed by atoms with Gasteiger partial charge in [-0.3, -0.25) is 4.79 Å². The van der Waals surface area contributed by atoms with Crippen LogP contribution >= 0.6 is 0 Å². The van der Waals surface area contributed by atoms with E-state index in [1.54, 1.807) is 6.07 Å². The smallest absolute Gasteiger partial charge is 0.254 e. The van der Waals surface area contributed by atoms with E-state index in [0.29, 0.717) is 17.6 Å². The van der Waals surface area contributed by atoms with Crippen LogP contribution in [0.5, 0.6) is 0 Å². The fourth-order valence-corrected chi connectivity index (χ4v) is 3.97. The number of hydrogen-bond donors (Lipinski definition) is 2. The van der Waals surface area contributed by atoms with Crippen LogP contribution in [0, 0.1) is 5.82 Å². The topological polar surface area (TPSA) is 64.8 Å². The number of rotatable bonds is 2. The van der Waals surface area contributed by atoms with Crippen LogP contribution in [0.25, 0.3) is 21.9 Å². The lowest BCUT2D eigenvalue weighted by Crippen LogP contribution is -2.39. The highest BCUT2D eigenvalue weighted by Crippen LogP contribution is 2.32. The van der Waals surface area contributed by atoms with Crippen molar-refractivity contribution in [1.82, 2.24) is 19.9 Å². The Balaban J connectivity index is 1.51.